The van der Waals surface area contributed by atoms with Gasteiger partial charge in [-0.15, -0.1) is 11.3 Å². The van der Waals surface area contributed by atoms with Gasteiger partial charge < -0.3 is 14.7 Å². The van der Waals surface area contributed by atoms with Crippen molar-refractivity contribution < 1.29 is 27.9 Å². The lowest BCUT2D eigenvalue weighted by molar-refractivity contribution is -0.137. The number of aliphatic hydroxyl groups excluding tert-OH is 1. The molecule has 10 heteroatoms. The lowest BCUT2D eigenvalue weighted by Crippen LogP contribution is -2.44. The molecule has 0 spiro atoms. The largest absolute Gasteiger partial charge is 0.451 e. The second kappa shape index (κ2) is 10.6. The minimum Gasteiger partial charge on any atom is -0.451 e. The van der Waals surface area contributed by atoms with Gasteiger partial charge in [-0.05, 0) is 35.3 Å². The summed E-state index contributed by atoms with van der Waals surface area (Å²) < 4.78 is 32.9. The summed E-state index contributed by atoms with van der Waals surface area (Å²) in [7, 11) is -4.07. The number of esters is 1. The first-order valence-corrected chi connectivity index (χ1v) is 12.8. The number of benzene rings is 1. The summed E-state index contributed by atoms with van der Waals surface area (Å²) in [6, 6.07) is 9.95. The van der Waals surface area contributed by atoms with E-state index in [1.54, 1.807) is 35.2 Å². The molecule has 32 heavy (non-hydrogen) atoms. The maximum Gasteiger partial charge on any atom is 0.350 e. The number of carbonyl (C=O) groups is 2. The molecule has 1 aromatic heterocycles. The summed E-state index contributed by atoms with van der Waals surface area (Å²) in [6.45, 7) is 4.70. The van der Waals surface area contributed by atoms with E-state index in [0.717, 1.165) is 17.8 Å². The van der Waals surface area contributed by atoms with Gasteiger partial charge in [-0.1, -0.05) is 44.2 Å². The normalized spacial score (nSPS) is 20.0. The molecule has 3 rings (SSSR count). The SMILES string of the molecule is C[C@@H]1C[C@H](C)CN(C(=O)COC(=O)c2sccc2S(=O)(=O)NC[C@H](O)c2ccccc2)C1. The standard InChI is InChI=1S/C22H28N2O6S2/c1-15-10-16(2)13-24(12-15)20(26)14-30-22(27)21-19(8-9-31-21)32(28,29)23-11-18(25)17-6-4-3-5-7-17/h3-9,15-16,18,23,25H,10-14H2,1-2H3/t15-,16+,18-/m0/s1. The average molecular weight is 481 g/mol. The van der Waals surface area contributed by atoms with Gasteiger partial charge in [0.05, 0.1) is 6.10 Å². The van der Waals surface area contributed by atoms with E-state index in [9.17, 15) is 23.1 Å². The van der Waals surface area contributed by atoms with Crippen molar-refractivity contribution in [3.63, 3.8) is 0 Å². The molecular weight excluding hydrogens is 452 g/mol. The molecular formula is C22H28N2O6S2. The number of nitrogens with zero attached hydrogens (tertiary/aromatic N) is 1. The fourth-order valence-corrected chi connectivity index (χ4v) is 6.21. The highest BCUT2D eigenvalue weighted by molar-refractivity contribution is 7.89. The van der Waals surface area contributed by atoms with E-state index < -0.39 is 28.7 Å². The minimum atomic E-state index is -4.07. The van der Waals surface area contributed by atoms with Gasteiger partial charge in [0, 0.05) is 19.6 Å². The number of hydrogen-bond donors (Lipinski definition) is 2. The van der Waals surface area contributed by atoms with Gasteiger partial charge in [-0.25, -0.2) is 17.9 Å². The molecule has 8 nitrogen and oxygen atoms in total. The molecule has 1 fully saturated rings. The Morgan fingerprint density at radius 3 is 2.50 bits per heavy atom. The fourth-order valence-electron chi connectivity index (χ4n) is 3.87. The summed E-state index contributed by atoms with van der Waals surface area (Å²) in [5.41, 5.74) is 0.569. The van der Waals surface area contributed by atoms with E-state index in [1.807, 2.05) is 0 Å². The molecule has 2 heterocycles. The van der Waals surface area contributed by atoms with E-state index in [4.69, 9.17) is 4.74 Å². The number of carbonyl (C=O) groups excluding carboxylic acids is 2. The number of piperidine rings is 1. The molecule has 0 radical (unpaired) electrons. The van der Waals surface area contributed by atoms with Gasteiger partial charge in [0.25, 0.3) is 5.91 Å². The average Bonchev–Trinajstić information content (AvgIpc) is 3.27. The van der Waals surface area contributed by atoms with Crippen LogP contribution in [0.4, 0.5) is 0 Å². The Morgan fingerprint density at radius 1 is 1.19 bits per heavy atom. The first-order chi connectivity index (χ1) is 15.2. The van der Waals surface area contributed by atoms with Gasteiger partial charge in [0.15, 0.2) is 6.61 Å². The maximum absolute atomic E-state index is 12.7. The zero-order valence-corrected chi connectivity index (χ0v) is 19.7. The van der Waals surface area contributed by atoms with Crippen molar-refractivity contribution in [2.75, 3.05) is 26.2 Å². The summed E-state index contributed by atoms with van der Waals surface area (Å²) >= 11 is 0.922. The van der Waals surface area contributed by atoms with Crippen LogP contribution in [-0.4, -0.2) is 56.5 Å². The first-order valence-electron chi connectivity index (χ1n) is 10.4. The highest BCUT2D eigenvalue weighted by Crippen LogP contribution is 2.24. The van der Waals surface area contributed by atoms with Crippen LogP contribution in [0.1, 0.15) is 41.6 Å². The highest BCUT2D eigenvalue weighted by Gasteiger charge is 2.28. The van der Waals surface area contributed by atoms with Crippen molar-refractivity contribution in [1.82, 2.24) is 9.62 Å². The zero-order valence-electron chi connectivity index (χ0n) is 18.1. The number of sulfonamides is 1. The number of nitrogens with one attached hydrogen (secondary N) is 1. The van der Waals surface area contributed by atoms with E-state index in [1.165, 1.54) is 11.4 Å². The number of likely N-dealkylation sites (tertiary alicyclic amines) is 1. The van der Waals surface area contributed by atoms with Gasteiger partial charge in [0.1, 0.15) is 9.77 Å². The van der Waals surface area contributed by atoms with Crippen molar-refractivity contribution >= 4 is 33.2 Å². The van der Waals surface area contributed by atoms with Crippen molar-refractivity contribution in [1.29, 1.82) is 0 Å². The molecule has 1 aliphatic rings. The number of amides is 1. The predicted molar refractivity (Wildman–Crippen MR) is 121 cm³/mol. The Bertz CT molecular complexity index is 1030. The van der Waals surface area contributed by atoms with E-state index in [0.29, 0.717) is 30.5 Å². The van der Waals surface area contributed by atoms with Crippen LogP contribution in [0.5, 0.6) is 0 Å². The van der Waals surface area contributed by atoms with E-state index in [2.05, 4.69) is 18.6 Å². The maximum atomic E-state index is 12.7. The van der Waals surface area contributed by atoms with Gasteiger partial charge in [0.2, 0.25) is 10.0 Å². The molecule has 0 aliphatic carbocycles. The van der Waals surface area contributed by atoms with Gasteiger partial charge in [-0.3, -0.25) is 4.79 Å². The quantitative estimate of drug-likeness (QED) is 0.561. The molecule has 0 saturated carbocycles. The molecule has 0 unspecified atom stereocenters. The third-order valence-corrected chi connectivity index (χ3v) is 7.79. The minimum absolute atomic E-state index is 0.111. The van der Waals surface area contributed by atoms with Crippen LogP contribution in [0, 0.1) is 11.8 Å². The van der Waals surface area contributed by atoms with Crippen molar-refractivity contribution in [2.24, 2.45) is 11.8 Å². The predicted octanol–water partition coefficient (Wildman–Crippen LogP) is 2.42. The third kappa shape index (κ3) is 6.16. The molecule has 2 N–H and O–H groups in total. The fraction of sp³-hybridized carbons (Fsp3) is 0.455. The molecule has 1 amide bonds. The summed E-state index contributed by atoms with van der Waals surface area (Å²) in [5, 5.41) is 11.7. The molecule has 3 atom stereocenters. The topological polar surface area (TPSA) is 113 Å². The lowest BCUT2D eigenvalue weighted by atomic mass is 9.92. The molecule has 1 aliphatic heterocycles. The van der Waals surface area contributed by atoms with Crippen LogP contribution in [0.2, 0.25) is 0 Å². The highest BCUT2D eigenvalue weighted by atomic mass is 32.2. The van der Waals surface area contributed by atoms with Crippen molar-refractivity contribution in [3.8, 4) is 0 Å². The Balaban J connectivity index is 1.60. The van der Waals surface area contributed by atoms with Gasteiger partial charge >= 0.3 is 5.97 Å². The van der Waals surface area contributed by atoms with E-state index >= 15 is 0 Å². The Kier molecular flexibility index (Phi) is 8.05. The monoisotopic (exact) mass is 480 g/mol. The number of hydrogen-bond acceptors (Lipinski definition) is 7. The van der Waals surface area contributed by atoms with Gasteiger partial charge in [-0.2, -0.15) is 0 Å². The Hall–Kier alpha value is -2.27. The van der Waals surface area contributed by atoms with Crippen LogP contribution < -0.4 is 4.72 Å². The Morgan fingerprint density at radius 2 is 1.84 bits per heavy atom. The van der Waals surface area contributed by atoms with Crippen molar-refractivity contribution in [2.45, 2.75) is 31.3 Å². The Labute approximate surface area is 192 Å². The second-order valence-corrected chi connectivity index (χ2v) is 10.9. The summed E-state index contributed by atoms with van der Waals surface area (Å²) in [4.78, 5) is 26.3. The van der Waals surface area contributed by atoms with Crippen LogP contribution >= 0.6 is 11.3 Å². The molecule has 174 valence electrons. The smallest absolute Gasteiger partial charge is 0.350 e. The number of aliphatic hydroxyl groups is 1. The van der Waals surface area contributed by atoms with Crippen LogP contribution in [0.25, 0.3) is 0 Å². The summed E-state index contributed by atoms with van der Waals surface area (Å²) in [5.74, 6) is -0.397. The number of ether oxygens (including phenoxy) is 1. The van der Waals surface area contributed by atoms with Crippen LogP contribution in [0.15, 0.2) is 46.7 Å². The third-order valence-electron chi connectivity index (χ3n) is 5.30. The van der Waals surface area contributed by atoms with Crippen LogP contribution in [0.3, 0.4) is 0 Å². The second-order valence-electron chi connectivity index (χ2n) is 8.21. The lowest BCUT2D eigenvalue weighted by Gasteiger charge is -2.34. The van der Waals surface area contributed by atoms with E-state index in [-0.39, 0.29) is 22.2 Å². The zero-order chi connectivity index (χ0) is 23.3. The molecule has 1 saturated heterocycles. The first kappa shape index (κ1) is 24.4. The van der Waals surface area contributed by atoms with Crippen molar-refractivity contribution in [3.05, 3.63) is 52.2 Å². The molecule has 1 aromatic carbocycles. The summed E-state index contributed by atoms with van der Waals surface area (Å²) in [6.07, 6.45) is 0.0123. The van der Waals surface area contributed by atoms with Crippen LogP contribution in [-0.2, 0) is 19.6 Å². The molecule has 0 bridgehead atoms. The number of rotatable bonds is 8. The molecule has 2 aromatic rings. The number of thiophene rings is 1.